The topological polar surface area (TPSA) is 37.8 Å². The molecule has 0 aliphatic heterocycles. The summed E-state index contributed by atoms with van der Waals surface area (Å²) in [6, 6.07) is 0. The Kier molecular flexibility index (Phi) is 6.65. The van der Waals surface area contributed by atoms with Crippen LogP contribution in [0.1, 0.15) is 52.5 Å². The predicted molar refractivity (Wildman–Crippen MR) is 78.9 cm³/mol. The SMILES string of the molecule is CCCCCSc1ncc(CNC(C)(C)C)cn1. The summed E-state index contributed by atoms with van der Waals surface area (Å²) < 4.78 is 0. The van der Waals surface area contributed by atoms with Gasteiger partial charge in [-0.1, -0.05) is 31.5 Å². The van der Waals surface area contributed by atoms with E-state index in [1.165, 1.54) is 19.3 Å². The Labute approximate surface area is 115 Å². The second-order valence-electron chi connectivity index (χ2n) is 5.53. The van der Waals surface area contributed by atoms with Gasteiger partial charge >= 0.3 is 0 Å². The number of rotatable bonds is 7. The van der Waals surface area contributed by atoms with Gasteiger partial charge < -0.3 is 5.32 Å². The lowest BCUT2D eigenvalue weighted by molar-refractivity contribution is 0.423. The van der Waals surface area contributed by atoms with Crippen LogP contribution in [0.5, 0.6) is 0 Å². The molecule has 4 heteroatoms. The Bertz CT molecular complexity index is 330. The summed E-state index contributed by atoms with van der Waals surface area (Å²) in [7, 11) is 0. The van der Waals surface area contributed by atoms with Gasteiger partial charge in [-0.05, 0) is 27.2 Å². The van der Waals surface area contributed by atoms with Crippen LogP contribution in [-0.2, 0) is 6.54 Å². The molecular formula is C14H25N3S. The molecule has 18 heavy (non-hydrogen) atoms. The van der Waals surface area contributed by atoms with Crippen molar-refractivity contribution in [1.29, 1.82) is 0 Å². The van der Waals surface area contributed by atoms with Crippen molar-refractivity contribution in [2.24, 2.45) is 0 Å². The highest BCUT2D eigenvalue weighted by Gasteiger charge is 2.08. The van der Waals surface area contributed by atoms with Crippen molar-refractivity contribution in [3.8, 4) is 0 Å². The van der Waals surface area contributed by atoms with Gasteiger partial charge in [-0.25, -0.2) is 9.97 Å². The maximum atomic E-state index is 4.39. The molecule has 1 heterocycles. The van der Waals surface area contributed by atoms with Crippen LogP contribution in [0.15, 0.2) is 17.6 Å². The molecule has 1 N–H and O–H groups in total. The Balaban J connectivity index is 2.33. The molecule has 0 aromatic carbocycles. The number of thioether (sulfide) groups is 1. The Morgan fingerprint density at radius 2 is 1.83 bits per heavy atom. The van der Waals surface area contributed by atoms with E-state index in [2.05, 4.69) is 43.0 Å². The van der Waals surface area contributed by atoms with Gasteiger partial charge in [-0.3, -0.25) is 0 Å². The fourth-order valence-corrected chi connectivity index (χ4v) is 2.18. The summed E-state index contributed by atoms with van der Waals surface area (Å²) in [5.41, 5.74) is 1.27. The van der Waals surface area contributed by atoms with E-state index in [1.54, 1.807) is 11.8 Å². The zero-order valence-corrected chi connectivity index (χ0v) is 12.8. The van der Waals surface area contributed by atoms with Crippen LogP contribution in [-0.4, -0.2) is 21.3 Å². The van der Waals surface area contributed by atoms with Gasteiger partial charge in [0.25, 0.3) is 0 Å². The quantitative estimate of drug-likeness (QED) is 0.465. The van der Waals surface area contributed by atoms with Crippen LogP contribution < -0.4 is 5.32 Å². The van der Waals surface area contributed by atoms with Gasteiger partial charge in [0.2, 0.25) is 0 Å². The van der Waals surface area contributed by atoms with Gasteiger partial charge in [-0.15, -0.1) is 0 Å². The first-order valence-electron chi connectivity index (χ1n) is 6.70. The van der Waals surface area contributed by atoms with E-state index in [9.17, 15) is 0 Å². The van der Waals surface area contributed by atoms with Gasteiger partial charge in [0.15, 0.2) is 5.16 Å². The van der Waals surface area contributed by atoms with E-state index < -0.39 is 0 Å². The highest BCUT2D eigenvalue weighted by molar-refractivity contribution is 7.99. The molecule has 0 radical (unpaired) electrons. The fourth-order valence-electron chi connectivity index (χ4n) is 1.39. The van der Waals surface area contributed by atoms with Crippen LogP contribution in [0.4, 0.5) is 0 Å². The van der Waals surface area contributed by atoms with E-state index in [4.69, 9.17) is 0 Å². The summed E-state index contributed by atoms with van der Waals surface area (Å²) in [6.07, 6.45) is 7.65. The molecule has 0 spiro atoms. The molecule has 0 aliphatic carbocycles. The molecule has 0 saturated heterocycles. The lowest BCUT2D eigenvalue weighted by Crippen LogP contribution is -2.35. The zero-order valence-electron chi connectivity index (χ0n) is 12.0. The second kappa shape index (κ2) is 7.74. The van der Waals surface area contributed by atoms with Gasteiger partial charge in [0.05, 0.1) is 0 Å². The minimum atomic E-state index is 0.133. The predicted octanol–water partition coefficient (Wildman–Crippen LogP) is 3.65. The van der Waals surface area contributed by atoms with Crippen molar-refractivity contribution >= 4 is 11.8 Å². The minimum absolute atomic E-state index is 0.133. The molecule has 102 valence electrons. The number of nitrogens with one attached hydrogen (secondary N) is 1. The maximum Gasteiger partial charge on any atom is 0.187 e. The van der Waals surface area contributed by atoms with E-state index >= 15 is 0 Å². The molecule has 1 aromatic heterocycles. The Morgan fingerprint density at radius 1 is 1.17 bits per heavy atom. The normalized spacial score (nSPS) is 11.8. The van der Waals surface area contributed by atoms with Crippen molar-refractivity contribution < 1.29 is 0 Å². The monoisotopic (exact) mass is 267 g/mol. The second-order valence-corrected chi connectivity index (χ2v) is 6.60. The molecule has 1 rings (SSSR count). The van der Waals surface area contributed by atoms with E-state index in [0.29, 0.717) is 0 Å². The third-order valence-corrected chi connectivity index (χ3v) is 3.45. The van der Waals surface area contributed by atoms with Gasteiger partial charge in [-0.2, -0.15) is 0 Å². The third-order valence-electron chi connectivity index (χ3n) is 2.48. The van der Waals surface area contributed by atoms with Crippen molar-refractivity contribution in [3.63, 3.8) is 0 Å². The molecule has 1 aromatic rings. The molecule has 0 bridgehead atoms. The fraction of sp³-hybridized carbons (Fsp3) is 0.714. The van der Waals surface area contributed by atoms with E-state index in [-0.39, 0.29) is 5.54 Å². The first-order chi connectivity index (χ1) is 8.51. The summed E-state index contributed by atoms with van der Waals surface area (Å²) in [4.78, 5) is 8.78. The summed E-state index contributed by atoms with van der Waals surface area (Å²) in [6.45, 7) is 9.52. The van der Waals surface area contributed by atoms with Crippen LogP contribution in [0, 0.1) is 0 Å². The summed E-state index contributed by atoms with van der Waals surface area (Å²) in [5, 5.41) is 4.32. The maximum absolute atomic E-state index is 4.39. The minimum Gasteiger partial charge on any atom is -0.308 e. The molecule has 0 unspecified atom stereocenters. The number of hydrogen-bond acceptors (Lipinski definition) is 4. The number of hydrogen-bond donors (Lipinski definition) is 1. The van der Waals surface area contributed by atoms with Crippen LogP contribution in [0.2, 0.25) is 0 Å². The molecule has 0 amide bonds. The van der Waals surface area contributed by atoms with Gasteiger partial charge in [0, 0.05) is 35.8 Å². The molecule has 0 saturated carbocycles. The number of unbranched alkanes of at least 4 members (excludes halogenated alkanes) is 2. The van der Waals surface area contributed by atoms with Crippen molar-refractivity contribution in [2.75, 3.05) is 5.75 Å². The van der Waals surface area contributed by atoms with Crippen LogP contribution >= 0.6 is 11.8 Å². The van der Waals surface area contributed by atoms with Crippen molar-refractivity contribution in [1.82, 2.24) is 15.3 Å². The standard InChI is InChI=1S/C14H25N3S/c1-5-6-7-8-18-13-15-9-12(10-16-13)11-17-14(2,3)4/h9-10,17H,5-8,11H2,1-4H3. The smallest absolute Gasteiger partial charge is 0.187 e. The van der Waals surface area contributed by atoms with E-state index in [0.717, 1.165) is 23.0 Å². The van der Waals surface area contributed by atoms with E-state index in [1.807, 2.05) is 12.4 Å². The molecule has 3 nitrogen and oxygen atoms in total. The first-order valence-corrected chi connectivity index (χ1v) is 7.68. The third kappa shape index (κ3) is 6.97. The Morgan fingerprint density at radius 3 is 2.39 bits per heavy atom. The van der Waals surface area contributed by atoms with Crippen molar-refractivity contribution in [2.45, 2.75) is 64.2 Å². The first kappa shape index (κ1) is 15.4. The summed E-state index contributed by atoms with van der Waals surface area (Å²) >= 11 is 1.75. The zero-order chi connectivity index (χ0) is 13.4. The number of aromatic nitrogens is 2. The Hall–Kier alpha value is -0.610. The van der Waals surface area contributed by atoms with Crippen LogP contribution in [0.25, 0.3) is 0 Å². The average molecular weight is 267 g/mol. The lowest BCUT2D eigenvalue weighted by Gasteiger charge is -2.20. The highest BCUT2D eigenvalue weighted by atomic mass is 32.2. The van der Waals surface area contributed by atoms with Gasteiger partial charge in [0.1, 0.15) is 0 Å². The molecule has 0 atom stereocenters. The average Bonchev–Trinajstić information content (AvgIpc) is 2.33. The van der Waals surface area contributed by atoms with Crippen LogP contribution in [0.3, 0.4) is 0 Å². The summed E-state index contributed by atoms with van der Waals surface area (Å²) in [5.74, 6) is 1.12. The molecule has 0 aliphatic rings. The number of nitrogens with zero attached hydrogens (tertiary/aromatic N) is 2. The van der Waals surface area contributed by atoms with Crippen molar-refractivity contribution in [3.05, 3.63) is 18.0 Å². The molecular weight excluding hydrogens is 242 g/mol. The lowest BCUT2D eigenvalue weighted by atomic mass is 10.1. The highest BCUT2D eigenvalue weighted by Crippen LogP contribution is 2.14. The molecule has 0 fully saturated rings. The largest absolute Gasteiger partial charge is 0.308 e.